The third kappa shape index (κ3) is 4.23. The fourth-order valence-corrected chi connectivity index (χ4v) is 2.49. The van der Waals surface area contributed by atoms with Gasteiger partial charge in [-0.25, -0.2) is 0 Å². The van der Waals surface area contributed by atoms with E-state index in [0.717, 1.165) is 38.3 Å². The van der Waals surface area contributed by atoms with Crippen LogP contribution in [0, 0.1) is 12.8 Å². The average Bonchev–Trinajstić information content (AvgIpc) is 2.62. The minimum Gasteiger partial charge on any atom is -0.357 e. The van der Waals surface area contributed by atoms with Gasteiger partial charge < -0.3 is 10.2 Å². The smallest absolute Gasteiger partial charge is 0.131 e. The molecule has 0 bridgehead atoms. The molecule has 0 spiro atoms. The first-order chi connectivity index (χ1) is 9.01. The molecule has 1 rings (SSSR count). The van der Waals surface area contributed by atoms with E-state index in [-0.39, 0.29) is 0 Å². The second-order valence-corrected chi connectivity index (χ2v) is 5.62. The predicted molar refractivity (Wildman–Crippen MR) is 82.7 cm³/mol. The van der Waals surface area contributed by atoms with E-state index in [9.17, 15) is 0 Å². The summed E-state index contributed by atoms with van der Waals surface area (Å²) in [6.07, 6.45) is 1.16. The Bertz CT molecular complexity index is 382. The van der Waals surface area contributed by atoms with E-state index < -0.39 is 0 Å². The third-order valence-electron chi connectivity index (χ3n) is 3.31. The van der Waals surface area contributed by atoms with Crippen molar-refractivity contribution in [2.45, 2.75) is 47.6 Å². The highest BCUT2D eigenvalue weighted by Gasteiger charge is 2.18. The summed E-state index contributed by atoms with van der Waals surface area (Å²) in [6, 6.07) is 0. The van der Waals surface area contributed by atoms with Crippen LogP contribution in [0.3, 0.4) is 0 Å². The molecule has 0 aromatic carbocycles. The van der Waals surface area contributed by atoms with Crippen LogP contribution >= 0.6 is 0 Å². The summed E-state index contributed by atoms with van der Waals surface area (Å²) in [5, 5.41) is 8.10. The van der Waals surface area contributed by atoms with Crippen molar-refractivity contribution in [1.29, 1.82) is 0 Å². The van der Waals surface area contributed by atoms with Crippen molar-refractivity contribution in [2.75, 3.05) is 24.5 Å². The largest absolute Gasteiger partial charge is 0.357 e. The number of rotatable bonds is 8. The Kier molecular flexibility index (Phi) is 6.35. The Balaban J connectivity index is 2.95. The van der Waals surface area contributed by atoms with E-state index in [4.69, 9.17) is 0 Å². The molecule has 1 heterocycles. The van der Waals surface area contributed by atoms with Crippen molar-refractivity contribution in [3.05, 3.63) is 11.3 Å². The van der Waals surface area contributed by atoms with Crippen molar-refractivity contribution in [3.63, 3.8) is 0 Å². The van der Waals surface area contributed by atoms with Crippen molar-refractivity contribution < 1.29 is 0 Å². The second-order valence-electron chi connectivity index (χ2n) is 5.62. The van der Waals surface area contributed by atoms with Gasteiger partial charge in [-0.3, -0.25) is 4.68 Å². The molecule has 0 saturated heterocycles. The molecule has 19 heavy (non-hydrogen) atoms. The molecule has 0 atom stereocenters. The molecule has 0 unspecified atom stereocenters. The molecule has 4 heteroatoms. The molecule has 0 amide bonds. The minimum absolute atomic E-state index is 0.659. The average molecular weight is 266 g/mol. The van der Waals surface area contributed by atoms with Gasteiger partial charge in [0.25, 0.3) is 0 Å². The van der Waals surface area contributed by atoms with Gasteiger partial charge in [-0.15, -0.1) is 0 Å². The van der Waals surface area contributed by atoms with Crippen LogP contribution in [-0.2, 0) is 13.6 Å². The molecule has 0 aliphatic carbocycles. The molecule has 1 aromatic heterocycles. The fourth-order valence-electron chi connectivity index (χ4n) is 2.49. The van der Waals surface area contributed by atoms with Gasteiger partial charge in [-0.2, -0.15) is 5.10 Å². The summed E-state index contributed by atoms with van der Waals surface area (Å²) in [4.78, 5) is 2.44. The minimum atomic E-state index is 0.659. The molecule has 0 radical (unpaired) electrons. The number of aryl methyl sites for hydroxylation is 2. The highest BCUT2D eigenvalue weighted by atomic mass is 15.4. The lowest BCUT2D eigenvalue weighted by molar-refractivity contribution is 0.595. The number of hydrogen-bond donors (Lipinski definition) is 1. The number of nitrogens with zero attached hydrogens (tertiary/aromatic N) is 3. The maximum atomic E-state index is 4.60. The zero-order chi connectivity index (χ0) is 14.4. The van der Waals surface area contributed by atoms with Crippen LogP contribution in [0.2, 0.25) is 0 Å². The predicted octanol–water partition coefficient (Wildman–Crippen LogP) is 2.71. The summed E-state index contributed by atoms with van der Waals surface area (Å²) in [6.45, 7) is 15.1. The number of anilines is 1. The van der Waals surface area contributed by atoms with Gasteiger partial charge in [0.2, 0.25) is 0 Å². The summed E-state index contributed by atoms with van der Waals surface area (Å²) < 4.78 is 2.03. The molecular formula is C15H30N4. The first-order valence-corrected chi connectivity index (χ1v) is 7.49. The van der Waals surface area contributed by atoms with E-state index in [1.165, 1.54) is 11.4 Å². The van der Waals surface area contributed by atoms with Gasteiger partial charge in [0.15, 0.2) is 0 Å². The Hall–Kier alpha value is -1.03. The quantitative estimate of drug-likeness (QED) is 0.734. The highest BCUT2D eigenvalue weighted by molar-refractivity contribution is 5.50. The SMILES string of the molecule is CCCNCc1c(C)nn(C)c1N(CC)CC(C)C. The van der Waals surface area contributed by atoms with Gasteiger partial charge in [0, 0.05) is 32.2 Å². The summed E-state index contributed by atoms with van der Waals surface area (Å²) in [7, 11) is 2.05. The number of aromatic nitrogens is 2. The molecule has 1 N–H and O–H groups in total. The van der Waals surface area contributed by atoms with E-state index in [0.29, 0.717) is 5.92 Å². The van der Waals surface area contributed by atoms with Gasteiger partial charge >= 0.3 is 0 Å². The molecule has 0 fully saturated rings. The lowest BCUT2D eigenvalue weighted by Gasteiger charge is -2.26. The zero-order valence-electron chi connectivity index (χ0n) is 13.5. The second kappa shape index (κ2) is 7.53. The maximum absolute atomic E-state index is 4.60. The Morgan fingerprint density at radius 2 is 2.00 bits per heavy atom. The lowest BCUT2D eigenvalue weighted by Crippen LogP contribution is -2.30. The zero-order valence-corrected chi connectivity index (χ0v) is 13.5. The number of hydrogen-bond acceptors (Lipinski definition) is 3. The normalized spacial score (nSPS) is 11.3. The van der Waals surface area contributed by atoms with Crippen molar-refractivity contribution in [3.8, 4) is 0 Å². The Morgan fingerprint density at radius 3 is 2.53 bits per heavy atom. The van der Waals surface area contributed by atoms with Crippen molar-refractivity contribution in [2.24, 2.45) is 13.0 Å². The monoisotopic (exact) mass is 266 g/mol. The van der Waals surface area contributed by atoms with Crippen LogP contribution in [0.15, 0.2) is 0 Å². The van der Waals surface area contributed by atoms with Crippen molar-refractivity contribution >= 4 is 5.82 Å². The van der Waals surface area contributed by atoms with Crippen molar-refractivity contribution in [1.82, 2.24) is 15.1 Å². The molecule has 110 valence electrons. The van der Waals surface area contributed by atoms with Crippen LogP contribution in [0.25, 0.3) is 0 Å². The summed E-state index contributed by atoms with van der Waals surface area (Å²) in [5.41, 5.74) is 2.49. The van der Waals surface area contributed by atoms with Gasteiger partial charge in [-0.05, 0) is 32.7 Å². The topological polar surface area (TPSA) is 33.1 Å². The van der Waals surface area contributed by atoms with Crippen LogP contribution in [0.5, 0.6) is 0 Å². The van der Waals surface area contributed by atoms with E-state index >= 15 is 0 Å². The Morgan fingerprint density at radius 1 is 1.32 bits per heavy atom. The summed E-state index contributed by atoms with van der Waals surface area (Å²) in [5.74, 6) is 1.93. The highest BCUT2D eigenvalue weighted by Crippen LogP contribution is 2.23. The molecule has 0 aliphatic heterocycles. The van der Waals surface area contributed by atoms with E-state index in [2.05, 4.69) is 57.0 Å². The van der Waals surface area contributed by atoms with Gasteiger partial charge in [0.05, 0.1) is 5.69 Å². The molecule has 1 aromatic rings. The molecule has 0 saturated carbocycles. The first-order valence-electron chi connectivity index (χ1n) is 7.49. The van der Waals surface area contributed by atoms with Crippen LogP contribution in [-0.4, -0.2) is 29.4 Å². The molecule has 4 nitrogen and oxygen atoms in total. The van der Waals surface area contributed by atoms with E-state index in [1.807, 2.05) is 4.68 Å². The van der Waals surface area contributed by atoms with Crippen LogP contribution < -0.4 is 10.2 Å². The Labute approximate surface area is 118 Å². The molecular weight excluding hydrogens is 236 g/mol. The number of nitrogens with one attached hydrogen (secondary N) is 1. The molecule has 0 aliphatic rings. The van der Waals surface area contributed by atoms with Gasteiger partial charge in [-0.1, -0.05) is 20.8 Å². The lowest BCUT2D eigenvalue weighted by atomic mass is 10.1. The van der Waals surface area contributed by atoms with Gasteiger partial charge in [0.1, 0.15) is 5.82 Å². The van der Waals surface area contributed by atoms with E-state index in [1.54, 1.807) is 0 Å². The third-order valence-corrected chi connectivity index (χ3v) is 3.31. The summed E-state index contributed by atoms with van der Waals surface area (Å²) >= 11 is 0. The maximum Gasteiger partial charge on any atom is 0.131 e. The van der Waals surface area contributed by atoms with Crippen LogP contribution in [0.4, 0.5) is 5.82 Å². The fraction of sp³-hybridized carbons (Fsp3) is 0.800. The van der Waals surface area contributed by atoms with Crippen LogP contribution in [0.1, 0.15) is 45.4 Å². The standard InChI is InChI=1S/C15H30N4/c1-7-9-16-10-14-13(5)17-18(6)15(14)19(8-2)11-12(3)4/h12,16H,7-11H2,1-6H3. The first kappa shape index (κ1) is 16.0.